The van der Waals surface area contributed by atoms with E-state index in [0.717, 1.165) is 23.3 Å². The maximum atomic E-state index is 10.2. The van der Waals surface area contributed by atoms with Gasteiger partial charge < -0.3 is 14.4 Å². The molecule has 0 radical (unpaired) electrons. The van der Waals surface area contributed by atoms with E-state index in [2.05, 4.69) is 10.1 Å². The molecular weight excluding hydrogens is 294 g/mol. The van der Waals surface area contributed by atoms with Gasteiger partial charge in [-0.05, 0) is 32.0 Å². The number of para-hydroxylation sites is 1. The highest BCUT2D eigenvalue weighted by atomic mass is 16.5. The SMILES string of the molecule is CCc1noc(CN(C)CC(O)COc2c(C)cccc2C)n1. The topological polar surface area (TPSA) is 71.6 Å². The number of aromatic nitrogens is 2. The molecule has 1 aromatic carbocycles. The van der Waals surface area contributed by atoms with Gasteiger partial charge in [-0.1, -0.05) is 30.3 Å². The predicted molar refractivity (Wildman–Crippen MR) is 87.4 cm³/mol. The van der Waals surface area contributed by atoms with Gasteiger partial charge in [-0.3, -0.25) is 4.90 Å². The molecule has 0 saturated carbocycles. The molecule has 0 saturated heterocycles. The van der Waals surface area contributed by atoms with E-state index in [1.807, 2.05) is 50.9 Å². The van der Waals surface area contributed by atoms with Crippen LogP contribution in [0, 0.1) is 13.8 Å². The third-order valence-electron chi connectivity index (χ3n) is 3.58. The van der Waals surface area contributed by atoms with Crippen molar-refractivity contribution in [3.05, 3.63) is 41.0 Å². The molecule has 1 N–H and O–H groups in total. The third kappa shape index (κ3) is 5.04. The van der Waals surface area contributed by atoms with Gasteiger partial charge in [0.1, 0.15) is 18.5 Å². The number of aryl methyl sites for hydroxylation is 3. The van der Waals surface area contributed by atoms with Crippen molar-refractivity contribution >= 4 is 0 Å². The summed E-state index contributed by atoms with van der Waals surface area (Å²) in [5.41, 5.74) is 2.15. The van der Waals surface area contributed by atoms with Gasteiger partial charge >= 0.3 is 0 Å². The van der Waals surface area contributed by atoms with Crippen LogP contribution in [0.15, 0.2) is 22.7 Å². The third-order valence-corrected chi connectivity index (χ3v) is 3.58. The summed E-state index contributed by atoms with van der Waals surface area (Å²) in [4.78, 5) is 6.20. The van der Waals surface area contributed by atoms with E-state index >= 15 is 0 Å². The molecule has 6 nitrogen and oxygen atoms in total. The first-order chi connectivity index (χ1) is 11.0. The molecule has 0 aliphatic carbocycles. The molecule has 0 fully saturated rings. The second kappa shape index (κ2) is 8.08. The van der Waals surface area contributed by atoms with E-state index in [0.29, 0.717) is 24.8 Å². The first kappa shape index (κ1) is 17.4. The van der Waals surface area contributed by atoms with Crippen molar-refractivity contribution in [3.63, 3.8) is 0 Å². The second-order valence-corrected chi connectivity index (χ2v) is 5.84. The number of aliphatic hydroxyl groups excluding tert-OH is 1. The van der Waals surface area contributed by atoms with Crippen molar-refractivity contribution < 1.29 is 14.4 Å². The van der Waals surface area contributed by atoms with Crippen LogP contribution in [0.4, 0.5) is 0 Å². The summed E-state index contributed by atoms with van der Waals surface area (Å²) in [6.45, 7) is 7.21. The molecule has 0 aliphatic rings. The number of likely N-dealkylation sites (N-methyl/N-ethyl adjacent to an activating group) is 1. The summed E-state index contributed by atoms with van der Waals surface area (Å²) in [6, 6.07) is 6.00. The van der Waals surface area contributed by atoms with Crippen LogP contribution in [0.25, 0.3) is 0 Å². The fraction of sp³-hybridized carbons (Fsp3) is 0.529. The number of nitrogens with zero attached hydrogens (tertiary/aromatic N) is 3. The summed E-state index contributed by atoms with van der Waals surface area (Å²) in [5.74, 6) is 2.11. The quantitative estimate of drug-likeness (QED) is 0.803. The lowest BCUT2D eigenvalue weighted by molar-refractivity contribution is 0.0709. The van der Waals surface area contributed by atoms with Gasteiger partial charge in [0.25, 0.3) is 0 Å². The molecule has 126 valence electrons. The highest BCUT2D eigenvalue weighted by Crippen LogP contribution is 2.22. The van der Waals surface area contributed by atoms with E-state index in [1.165, 1.54) is 0 Å². The maximum absolute atomic E-state index is 10.2. The fourth-order valence-corrected chi connectivity index (χ4v) is 2.41. The Morgan fingerprint density at radius 2 is 2.00 bits per heavy atom. The fourth-order valence-electron chi connectivity index (χ4n) is 2.41. The zero-order valence-electron chi connectivity index (χ0n) is 14.2. The van der Waals surface area contributed by atoms with Crippen LogP contribution in [-0.2, 0) is 13.0 Å². The maximum Gasteiger partial charge on any atom is 0.240 e. The van der Waals surface area contributed by atoms with Crippen molar-refractivity contribution in [3.8, 4) is 5.75 Å². The van der Waals surface area contributed by atoms with Crippen molar-refractivity contribution in [2.24, 2.45) is 0 Å². The van der Waals surface area contributed by atoms with Crippen LogP contribution < -0.4 is 4.74 Å². The molecule has 2 rings (SSSR count). The molecule has 1 atom stereocenters. The van der Waals surface area contributed by atoms with Gasteiger partial charge in [0.05, 0.1) is 6.54 Å². The molecule has 0 aliphatic heterocycles. The largest absolute Gasteiger partial charge is 0.490 e. The Labute approximate surface area is 137 Å². The van der Waals surface area contributed by atoms with Crippen molar-refractivity contribution in [1.29, 1.82) is 0 Å². The predicted octanol–water partition coefficient (Wildman–Crippen LogP) is 2.12. The zero-order chi connectivity index (χ0) is 16.8. The van der Waals surface area contributed by atoms with Crippen LogP contribution in [-0.4, -0.2) is 46.5 Å². The number of hydrogen-bond acceptors (Lipinski definition) is 6. The second-order valence-electron chi connectivity index (χ2n) is 5.84. The Morgan fingerprint density at radius 1 is 1.30 bits per heavy atom. The molecular formula is C17H25N3O3. The first-order valence-corrected chi connectivity index (χ1v) is 7.86. The van der Waals surface area contributed by atoms with E-state index in [9.17, 15) is 5.11 Å². The summed E-state index contributed by atoms with van der Waals surface area (Å²) in [7, 11) is 1.90. The lowest BCUT2D eigenvalue weighted by Crippen LogP contribution is -2.33. The van der Waals surface area contributed by atoms with Gasteiger partial charge in [0, 0.05) is 13.0 Å². The standard InChI is InChI=1S/C17H25N3O3/c1-5-15-18-16(23-19-15)10-20(4)9-14(21)11-22-17-12(2)7-6-8-13(17)3/h6-8,14,21H,5,9-11H2,1-4H3. The number of benzene rings is 1. The van der Waals surface area contributed by atoms with E-state index in [1.54, 1.807) is 0 Å². The Balaban J connectivity index is 1.80. The number of rotatable bonds is 8. The lowest BCUT2D eigenvalue weighted by Gasteiger charge is -2.20. The van der Waals surface area contributed by atoms with Gasteiger partial charge in [-0.2, -0.15) is 4.98 Å². The average molecular weight is 319 g/mol. The summed E-state index contributed by atoms with van der Waals surface area (Å²) < 4.78 is 10.9. The van der Waals surface area contributed by atoms with Crippen LogP contribution in [0.2, 0.25) is 0 Å². The summed E-state index contributed by atoms with van der Waals surface area (Å²) >= 11 is 0. The molecule has 1 heterocycles. The molecule has 23 heavy (non-hydrogen) atoms. The summed E-state index contributed by atoms with van der Waals surface area (Å²) in [6.07, 6.45) is 0.159. The van der Waals surface area contributed by atoms with Crippen LogP contribution in [0.1, 0.15) is 29.8 Å². The minimum atomic E-state index is -0.590. The number of aliphatic hydroxyl groups is 1. The van der Waals surface area contributed by atoms with E-state index < -0.39 is 6.10 Å². The minimum Gasteiger partial charge on any atom is -0.490 e. The van der Waals surface area contributed by atoms with Crippen molar-refractivity contribution in [2.75, 3.05) is 20.2 Å². The van der Waals surface area contributed by atoms with Crippen LogP contribution in [0.3, 0.4) is 0 Å². The van der Waals surface area contributed by atoms with Crippen LogP contribution >= 0.6 is 0 Å². The van der Waals surface area contributed by atoms with Gasteiger partial charge in [-0.15, -0.1) is 0 Å². The molecule has 1 unspecified atom stereocenters. The van der Waals surface area contributed by atoms with E-state index in [-0.39, 0.29) is 6.61 Å². The van der Waals surface area contributed by atoms with E-state index in [4.69, 9.17) is 9.26 Å². The molecule has 6 heteroatoms. The highest BCUT2D eigenvalue weighted by molar-refractivity contribution is 5.39. The lowest BCUT2D eigenvalue weighted by atomic mass is 10.1. The highest BCUT2D eigenvalue weighted by Gasteiger charge is 2.14. The zero-order valence-corrected chi connectivity index (χ0v) is 14.2. The molecule has 0 amide bonds. The van der Waals surface area contributed by atoms with Crippen LogP contribution in [0.5, 0.6) is 5.75 Å². The monoisotopic (exact) mass is 319 g/mol. The Bertz CT molecular complexity index is 607. The van der Waals surface area contributed by atoms with Crippen molar-refractivity contribution in [1.82, 2.24) is 15.0 Å². The number of hydrogen-bond donors (Lipinski definition) is 1. The van der Waals surface area contributed by atoms with Crippen molar-refractivity contribution in [2.45, 2.75) is 39.8 Å². The Kier molecular flexibility index (Phi) is 6.12. The minimum absolute atomic E-state index is 0.250. The molecule has 2 aromatic rings. The molecule has 0 spiro atoms. The smallest absolute Gasteiger partial charge is 0.240 e. The first-order valence-electron chi connectivity index (χ1n) is 7.86. The molecule has 0 bridgehead atoms. The van der Waals surface area contributed by atoms with Gasteiger partial charge in [0.2, 0.25) is 5.89 Å². The average Bonchev–Trinajstić information content (AvgIpc) is 2.94. The summed E-state index contributed by atoms with van der Waals surface area (Å²) in [5, 5.41) is 14.0. The Hall–Kier alpha value is -1.92. The normalized spacial score (nSPS) is 12.6. The number of ether oxygens (including phenoxy) is 1. The van der Waals surface area contributed by atoms with Gasteiger partial charge in [-0.25, -0.2) is 0 Å². The Morgan fingerprint density at radius 3 is 2.61 bits per heavy atom. The van der Waals surface area contributed by atoms with Gasteiger partial charge in [0.15, 0.2) is 5.82 Å². The molecule has 1 aromatic heterocycles.